The van der Waals surface area contributed by atoms with Crippen molar-refractivity contribution in [3.05, 3.63) is 29.8 Å². The second-order valence-electron chi connectivity index (χ2n) is 4.68. The highest BCUT2D eigenvalue weighted by atomic mass is 32.2. The Labute approximate surface area is 126 Å². The van der Waals surface area contributed by atoms with Crippen LogP contribution in [0, 0.1) is 0 Å². The molecule has 21 heavy (non-hydrogen) atoms. The van der Waals surface area contributed by atoms with Gasteiger partial charge in [-0.05, 0) is 24.1 Å². The van der Waals surface area contributed by atoms with E-state index in [1.54, 1.807) is 14.2 Å². The number of ether oxygens (including phenoxy) is 1. The number of nitrogens with one attached hydrogen (secondary N) is 2. The lowest BCUT2D eigenvalue weighted by atomic mass is 10.2. The number of rotatable bonds is 7. The summed E-state index contributed by atoms with van der Waals surface area (Å²) in [4.78, 5) is 4.09. The fraction of sp³-hybridized carbons (Fsp3) is 0.500. The highest BCUT2D eigenvalue weighted by Crippen LogP contribution is 2.10. The second-order valence-corrected chi connectivity index (χ2v) is 6.94. The van der Waals surface area contributed by atoms with Crippen LogP contribution in [0.25, 0.3) is 0 Å². The van der Waals surface area contributed by atoms with E-state index in [9.17, 15) is 8.42 Å². The first-order chi connectivity index (χ1) is 9.94. The molecule has 0 aliphatic rings. The van der Waals surface area contributed by atoms with E-state index in [1.165, 1.54) is 6.26 Å². The summed E-state index contributed by atoms with van der Waals surface area (Å²) in [5, 5.41) is 6.25. The molecule has 0 aromatic heterocycles. The van der Waals surface area contributed by atoms with Gasteiger partial charge >= 0.3 is 0 Å². The van der Waals surface area contributed by atoms with Crippen molar-refractivity contribution in [3.8, 4) is 5.75 Å². The van der Waals surface area contributed by atoms with E-state index in [2.05, 4.69) is 15.6 Å². The van der Waals surface area contributed by atoms with Gasteiger partial charge in [0, 0.05) is 26.4 Å². The molecular formula is C14H23N3O3S. The average Bonchev–Trinajstić information content (AvgIpc) is 2.46. The van der Waals surface area contributed by atoms with Gasteiger partial charge in [0.25, 0.3) is 0 Å². The molecule has 0 fully saturated rings. The van der Waals surface area contributed by atoms with Crippen LogP contribution >= 0.6 is 0 Å². The Hall–Kier alpha value is -1.76. The molecule has 0 atom stereocenters. The van der Waals surface area contributed by atoms with E-state index in [4.69, 9.17) is 4.74 Å². The minimum absolute atomic E-state index is 0.176. The van der Waals surface area contributed by atoms with Crippen LogP contribution in [0.2, 0.25) is 0 Å². The van der Waals surface area contributed by atoms with Crippen molar-refractivity contribution >= 4 is 15.8 Å². The standard InChI is InChI=1S/C14H23N3O3S/c1-15-14(16-9-4-10-21(3,18)19)17-11-12-5-7-13(20-2)8-6-12/h5-8H,4,9-11H2,1-3H3,(H2,15,16,17). The molecule has 1 aromatic carbocycles. The number of methoxy groups -OCH3 is 1. The van der Waals surface area contributed by atoms with Crippen molar-refractivity contribution in [2.75, 3.05) is 32.7 Å². The molecule has 6 nitrogen and oxygen atoms in total. The normalized spacial score (nSPS) is 12.0. The van der Waals surface area contributed by atoms with E-state index in [-0.39, 0.29) is 5.75 Å². The van der Waals surface area contributed by atoms with Gasteiger partial charge in [0.1, 0.15) is 15.6 Å². The van der Waals surface area contributed by atoms with Gasteiger partial charge in [0.2, 0.25) is 0 Å². The van der Waals surface area contributed by atoms with Gasteiger partial charge in [-0.1, -0.05) is 12.1 Å². The summed E-state index contributed by atoms with van der Waals surface area (Å²) in [5.41, 5.74) is 1.11. The summed E-state index contributed by atoms with van der Waals surface area (Å²) in [6.07, 6.45) is 1.80. The SMILES string of the molecule is CN=C(NCCCS(C)(=O)=O)NCc1ccc(OC)cc1. The number of sulfone groups is 1. The lowest BCUT2D eigenvalue weighted by Crippen LogP contribution is -2.37. The molecule has 0 amide bonds. The van der Waals surface area contributed by atoms with Gasteiger partial charge in [0.15, 0.2) is 5.96 Å². The number of hydrogen-bond acceptors (Lipinski definition) is 4. The third-order valence-electron chi connectivity index (χ3n) is 2.83. The Morgan fingerprint density at radius 1 is 1.24 bits per heavy atom. The molecule has 118 valence electrons. The Bertz CT molecular complexity index is 553. The van der Waals surface area contributed by atoms with E-state index in [0.717, 1.165) is 11.3 Å². The van der Waals surface area contributed by atoms with Crippen molar-refractivity contribution in [1.82, 2.24) is 10.6 Å². The van der Waals surface area contributed by atoms with Crippen LogP contribution in [0.3, 0.4) is 0 Å². The molecule has 1 rings (SSSR count). The smallest absolute Gasteiger partial charge is 0.191 e. The van der Waals surface area contributed by atoms with Gasteiger partial charge in [-0.3, -0.25) is 4.99 Å². The summed E-state index contributed by atoms with van der Waals surface area (Å²) in [6, 6.07) is 7.75. The molecule has 0 unspecified atom stereocenters. The van der Waals surface area contributed by atoms with Gasteiger partial charge in [0.05, 0.1) is 12.9 Å². The zero-order chi connectivity index (χ0) is 15.7. The lowest BCUT2D eigenvalue weighted by Gasteiger charge is -2.12. The third-order valence-corrected chi connectivity index (χ3v) is 3.86. The Morgan fingerprint density at radius 3 is 2.43 bits per heavy atom. The second kappa shape index (κ2) is 8.51. The monoisotopic (exact) mass is 313 g/mol. The highest BCUT2D eigenvalue weighted by molar-refractivity contribution is 7.90. The van der Waals surface area contributed by atoms with Crippen LogP contribution in [-0.4, -0.2) is 47.1 Å². The van der Waals surface area contributed by atoms with E-state index in [0.29, 0.717) is 25.5 Å². The van der Waals surface area contributed by atoms with Gasteiger partial charge in [-0.2, -0.15) is 0 Å². The average molecular weight is 313 g/mol. The summed E-state index contributed by atoms with van der Waals surface area (Å²) in [6.45, 7) is 1.20. The van der Waals surface area contributed by atoms with Crippen LogP contribution in [0.15, 0.2) is 29.3 Å². The van der Waals surface area contributed by atoms with Gasteiger partial charge in [-0.15, -0.1) is 0 Å². The third kappa shape index (κ3) is 7.55. The molecule has 0 heterocycles. The number of guanidine groups is 1. The highest BCUT2D eigenvalue weighted by Gasteiger charge is 2.02. The maximum Gasteiger partial charge on any atom is 0.191 e. The van der Waals surface area contributed by atoms with E-state index < -0.39 is 9.84 Å². The molecule has 1 aromatic rings. The fourth-order valence-electron chi connectivity index (χ4n) is 1.69. The van der Waals surface area contributed by atoms with Crippen LogP contribution in [-0.2, 0) is 16.4 Å². The van der Waals surface area contributed by atoms with Crippen LogP contribution in [0.4, 0.5) is 0 Å². The van der Waals surface area contributed by atoms with Gasteiger partial charge < -0.3 is 15.4 Å². The minimum atomic E-state index is -2.90. The Morgan fingerprint density at radius 2 is 1.90 bits per heavy atom. The molecule has 0 saturated heterocycles. The molecule has 0 aliphatic carbocycles. The predicted molar refractivity (Wildman–Crippen MR) is 85.5 cm³/mol. The number of nitrogens with zero attached hydrogens (tertiary/aromatic N) is 1. The van der Waals surface area contributed by atoms with Crippen molar-refractivity contribution in [2.45, 2.75) is 13.0 Å². The minimum Gasteiger partial charge on any atom is -0.497 e. The first-order valence-electron chi connectivity index (χ1n) is 6.70. The maximum atomic E-state index is 11.0. The number of benzene rings is 1. The van der Waals surface area contributed by atoms with Crippen LogP contribution in [0.1, 0.15) is 12.0 Å². The van der Waals surface area contributed by atoms with E-state index in [1.807, 2.05) is 24.3 Å². The van der Waals surface area contributed by atoms with Crippen molar-refractivity contribution < 1.29 is 13.2 Å². The largest absolute Gasteiger partial charge is 0.497 e. The topological polar surface area (TPSA) is 79.8 Å². The summed E-state index contributed by atoms with van der Waals surface area (Å²) in [5.74, 6) is 1.65. The zero-order valence-corrected chi connectivity index (χ0v) is 13.5. The quantitative estimate of drug-likeness (QED) is 0.442. The zero-order valence-electron chi connectivity index (χ0n) is 12.7. The fourth-order valence-corrected chi connectivity index (χ4v) is 2.36. The van der Waals surface area contributed by atoms with Crippen molar-refractivity contribution in [1.29, 1.82) is 0 Å². The predicted octanol–water partition coefficient (Wildman–Crippen LogP) is 0.795. The maximum absolute atomic E-state index is 11.0. The molecule has 7 heteroatoms. The molecule has 0 bridgehead atoms. The Kier molecular flexibility index (Phi) is 7.01. The summed E-state index contributed by atoms with van der Waals surface area (Å²) in [7, 11) is 0.412. The van der Waals surface area contributed by atoms with Crippen LogP contribution < -0.4 is 15.4 Å². The molecule has 0 saturated carbocycles. The summed E-state index contributed by atoms with van der Waals surface area (Å²) < 4.78 is 27.2. The number of hydrogen-bond donors (Lipinski definition) is 2. The molecule has 2 N–H and O–H groups in total. The van der Waals surface area contributed by atoms with Crippen molar-refractivity contribution in [2.24, 2.45) is 4.99 Å². The first-order valence-corrected chi connectivity index (χ1v) is 8.76. The van der Waals surface area contributed by atoms with E-state index >= 15 is 0 Å². The van der Waals surface area contributed by atoms with Crippen molar-refractivity contribution in [3.63, 3.8) is 0 Å². The van der Waals surface area contributed by atoms with Crippen LogP contribution in [0.5, 0.6) is 5.75 Å². The van der Waals surface area contributed by atoms with Gasteiger partial charge in [-0.25, -0.2) is 8.42 Å². The molecular weight excluding hydrogens is 290 g/mol. The molecule has 0 aliphatic heterocycles. The number of aliphatic imine (C=N–C) groups is 1. The molecule has 0 spiro atoms. The molecule has 0 radical (unpaired) electrons. The summed E-state index contributed by atoms with van der Waals surface area (Å²) >= 11 is 0. The first kappa shape index (κ1) is 17.3. The lowest BCUT2D eigenvalue weighted by molar-refractivity contribution is 0.414. The Balaban J connectivity index is 2.33.